The first-order valence-corrected chi connectivity index (χ1v) is 9.23. The molecule has 0 fully saturated rings. The number of rotatable bonds is 6. The van der Waals surface area contributed by atoms with Gasteiger partial charge in [0.25, 0.3) is 0 Å². The molecule has 0 aromatic heterocycles. The molecule has 1 aromatic carbocycles. The van der Waals surface area contributed by atoms with E-state index in [0.717, 1.165) is 0 Å². The van der Waals surface area contributed by atoms with Gasteiger partial charge in [0.2, 0.25) is 0 Å². The number of hydrogen-bond acceptors (Lipinski definition) is 5. The van der Waals surface area contributed by atoms with Crippen molar-refractivity contribution in [1.29, 1.82) is 5.26 Å². The minimum absolute atomic E-state index is 0.0566. The fourth-order valence-corrected chi connectivity index (χ4v) is 4.26. The third-order valence-electron chi connectivity index (χ3n) is 5.39. The van der Waals surface area contributed by atoms with Crippen molar-refractivity contribution in [3.05, 3.63) is 45.6 Å². The molecule has 8 heteroatoms. The number of nitrogens with zero attached hydrogens (tertiary/aromatic N) is 1. The Morgan fingerprint density at radius 2 is 2.07 bits per heavy atom. The molecule has 0 spiro atoms. The quantitative estimate of drug-likeness (QED) is 0.663. The Balaban J connectivity index is 2.83. The summed E-state index contributed by atoms with van der Waals surface area (Å²) in [5, 5.41) is 32.4. The van der Waals surface area contributed by atoms with E-state index in [9.17, 15) is 25.1 Å². The van der Waals surface area contributed by atoms with Crippen LogP contribution in [-0.4, -0.2) is 40.4 Å². The van der Waals surface area contributed by atoms with E-state index in [4.69, 9.17) is 16.3 Å². The van der Waals surface area contributed by atoms with E-state index in [0.29, 0.717) is 17.9 Å². The molecule has 1 aliphatic rings. The Labute approximate surface area is 168 Å². The lowest BCUT2D eigenvalue weighted by molar-refractivity contribution is -0.149. The van der Waals surface area contributed by atoms with Crippen LogP contribution < -0.4 is 5.32 Å². The van der Waals surface area contributed by atoms with Crippen molar-refractivity contribution < 1.29 is 24.5 Å². The molecule has 1 aliphatic heterocycles. The number of halogens is 1. The van der Waals surface area contributed by atoms with Gasteiger partial charge < -0.3 is 20.3 Å². The van der Waals surface area contributed by atoms with Crippen molar-refractivity contribution in [2.24, 2.45) is 5.92 Å². The number of hydrogen-bond donors (Lipinski definition) is 3. The van der Waals surface area contributed by atoms with Crippen LogP contribution in [0.1, 0.15) is 44.7 Å². The predicted octanol–water partition coefficient (Wildman–Crippen LogP) is 3.14. The highest BCUT2D eigenvalue weighted by atomic mass is 35.5. The van der Waals surface area contributed by atoms with E-state index < -0.39 is 35.4 Å². The molecule has 0 radical (unpaired) electrons. The highest BCUT2D eigenvalue weighted by molar-refractivity contribution is 6.32. The maximum absolute atomic E-state index is 12.4. The molecular formula is C20H23ClN2O5. The summed E-state index contributed by atoms with van der Waals surface area (Å²) < 4.78 is 5.69. The third kappa shape index (κ3) is 3.58. The normalized spacial score (nSPS) is 25.6. The summed E-state index contributed by atoms with van der Waals surface area (Å²) in [6.45, 7) is 7.20. The van der Waals surface area contributed by atoms with Gasteiger partial charge in [-0.25, -0.2) is 4.79 Å². The Morgan fingerprint density at radius 3 is 2.57 bits per heavy atom. The fraction of sp³-hybridized carbons (Fsp3) is 0.450. The maximum atomic E-state index is 12.4. The van der Waals surface area contributed by atoms with Crippen molar-refractivity contribution in [3.8, 4) is 6.07 Å². The van der Waals surface area contributed by atoms with Crippen LogP contribution in [0.4, 0.5) is 0 Å². The van der Waals surface area contributed by atoms with E-state index in [-0.39, 0.29) is 16.2 Å². The lowest BCUT2D eigenvalue weighted by atomic mass is 9.65. The molecular weight excluding hydrogens is 384 g/mol. The summed E-state index contributed by atoms with van der Waals surface area (Å²) in [7, 11) is 0. The van der Waals surface area contributed by atoms with E-state index in [2.05, 4.69) is 5.32 Å². The number of carbonyl (C=O) groups is 2. The second-order valence-corrected chi connectivity index (χ2v) is 7.34. The van der Waals surface area contributed by atoms with Crippen LogP contribution >= 0.6 is 11.6 Å². The first-order chi connectivity index (χ1) is 13.1. The molecule has 0 saturated heterocycles. The van der Waals surface area contributed by atoms with E-state index in [1.54, 1.807) is 39.8 Å². The Hall–Kier alpha value is -2.56. The van der Waals surface area contributed by atoms with Crippen LogP contribution in [0.3, 0.4) is 0 Å². The monoisotopic (exact) mass is 406 g/mol. The molecule has 0 saturated carbocycles. The van der Waals surface area contributed by atoms with Crippen LogP contribution in [0.25, 0.3) is 0 Å². The standard InChI is InChI=1S/C20H23ClN2O5/c1-5-28-11(3)20(4)16(19(26)27)15(14(18(24)25)10(2)23-20)13-8-6-7-12(9-22)17(13)21/h6-8,11,15-16,23H,5H2,1-4H3,(H,24,25)(H,26,27). The van der Waals surface area contributed by atoms with Crippen molar-refractivity contribution in [1.82, 2.24) is 5.32 Å². The predicted molar refractivity (Wildman–Crippen MR) is 103 cm³/mol. The SMILES string of the molecule is CCOC(C)C1(C)NC(C)=C(C(=O)O)C(c2cccc(C#N)c2Cl)C1C(=O)O. The van der Waals surface area contributed by atoms with Gasteiger partial charge in [-0.1, -0.05) is 23.7 Å². The van der Waals surface area contributed by atoms with E-state index >= 15 is 0 Å². The van der Waals surface area contributed by atoms with Gasteiger partial charge >= 0.3 is 11.9 Å². The lowest BCUT2D eigenvalue weighted by Gasteiger charge is -2.48. The summed E-state index contributed by atoms with van der Waals surface area (Å²) >= 11 is 6.38. The van der Waals surface area contributed by atoms with Gasteiger partial charge in [-0.05, 0) is 39.3 Å². The highest BCUT2D eigenvalue weighted by Gasteiger charge is 2.54. The number of nitrogens with one attached hydrogen (secondary N) is 1. The highest BCUT2D eigenvalue weighted by Crippen LogP contribution is 2.47. The van der Waals surface area contributed by atoms with Crippen LogP contribution in [-0.2, 0) is 14.3 Å². The molecule has 0 aliphatic carbocycles. The van der Waals surface area contributed by atoms with Crippen LogP contribution in [0.15, 0.2) is 29.5 Å². The zero-order valence-corrected chi connectivity index (χ0v) is 16.9. The van der Waals surface area contributed by atoms with Crippen molar-refractivity contribution >= 4 is 23.5 Å². The maximum Gasteiger partial charge on any atom is 0.333 e. The summed E-state index contributed by atoms with van der Waals surface area (Å²) in [5.41, 5.74) is -0.417. The smallest absolute Gasteiger partial charge is 0.333 e. The fourth-order valence-electron chi connectivity index (χ4n) is 3.98. The number of carboxylic acids is 2. The molecule has 1 heterocycles. The molecule has 4 unspecified atom stereocenters. The Bertz CT molecular complexity index is 876. The second-order valence-electron chi connectivity index (χ2n) is 6.96. The molecule has 2 rings (SSSR count). The van der Waals surface area contributed by atoms with Crippen molar-refractivity contribution in [2.75, 3.05) is 6.61 Å². The van der Waals surface area contributed by atoms with Crippen LogP contribution in [0.5, 0.6) is 0 Å². The minimum Gasteiger partial charge on any atom is -0.481 e. The molecule has 3 N–H and O–H groups in total. The summed E-state index contributed by atoms with van der Waals surface area (Å²) in [6, 6.07) is 6.59. The first-order valence-electron chi connectivity index (χ1n) is 8.85. The Morgan fingerprint density at radius 1 is 1.43 bits per heavy atom. The zero-order chi connectivity index (χ0) is 21.2. The molecule has 0 bridgehead atoms. The zero-order valence-electron chi connectivity index (χ0n) is 16.1. The lowest BCUT2D eigenvalue weighted by Crippen LogP contribution is -2.63. The van der Waals surface area contributed by atoms with E-state index in [1.807, 2.05) is 6.07 Å². The van der Waals surface area contributed by atoms with Crippen molar-refractivity contribution in [3.63, 3.8) is 0 Å². The summed E-state index contributed by atoms with van der Waals surface area (Å²) in [6.07, 6.45) is -0.538. The van der Waals surface area contributed by atoms with Gasteiger partial charge in [-0.15, -0.1) is 0 Å². The number of allylic oxidation sites excluding steroid dienone is 1. The minimum atomic E-state index is -1.24. The number of nitriles is 1. The average molecular weight is 407 g/mol. The van der Waals surface area contributed by atoms with Gasteiger partial charge in [0.1, 0.15) is 6.07 Å². The topological polar surface area (TPSA) is 120 Å². The second kappa shape index (κ2) is 8.21. The first kappa shape index (κ1) is 21.7. The largest absolute Gasteiger partial charge is 0.481 e. The third-order valence-corrected chi connectivity index (χ3v) is 5.81. The molecule has 150 valence electrons. The number of benzene rings is 1. The van der Waals surface area contributed by atoms with Gasteiger partial charge in [-0.3, -0.25) is 4.79 Å². The molecule has 28 heavy (non-hydrogen) atoms. The summed E-state index contributed by atoms with van der Waals surface area (Å²) in [5.74, 6) is -4.69. The van der Waals surface area contributed by atoms with Crippen molar-refractivity contribution in [2.45, 2.75) is 45.3 Å². The molecule has 7 nitrogen and oxygen atoms in total. The molecule has 4 atom stereocenters. The van der Waals surface area contributed by atoms with Gasteiger partial charge in [-0.2, -0.15) is 5.26 Å². The summed E-state index contributed by atoms with van der Waals surface area (Å²) in [4.78, 5) is 24.4. The molecule has 1 aromatic rings. The van der Waals surface area contributed by atoms with Gasteiger partial charge in [0.05, 0.1) is 33.7 Å². The van der Waals surface area contributed by atoms with Gasteiger partial charge in [0.15, 0.2) is 0 Å². The Kier molecular flexibility index (Phi) is 6.37. The number of aliphatic carboxylic acids is 2. The van der Waals surface area contributed by atoms with E-state index in [1.165, 1.54) is 6.07 Å². The number of carboxylic acid groups (broad SMARTS) is 2. The average Bonchev–Trinajstić information content (AvgIpc) is 2.60. The number of ether oxygens (including phenoxy) is 1. The van der Waals surface area contributed by atoms with Gasteiger partial charge in [0, 0.05) is 18.2 Å². The molecule has 0 amide bonds. The van der Waals surface area contributed by atoms with Crippen LogP contribution in [0.2, 0.25) is 5.02 Å². The van der Waals surface area contributed by atoms with Crippen LogP contribution in [0, 0.1) is 17.2 Å².